The van der Waals surface area contributed by atoms with Gasteiger partial charge in [0.15, 0.2) is 0 Å². The molecule has 1 aromatic heterocycles. The molecule has 0 saturated carbocycles. The van der Waals surface area contributed by atoms with Gasteiger partial charge in [0.05, 0.1) is 11.7 Å². The molecule has 1 heterocycles. The first-order chi connectivity index (χ1) is 7.36. The van der Waals surface area contributed by atoms with Crippen molar-refractivity contribution in [2.24, 2.45) is 0 Å². The second-order valence-corrected chi connectivity index (χ2v) is 3.53. The van der Waals surface area contributed by atoms with E-state index in [-0.39, 0.29) is 17.3 Å². The summed E-state index contributed by atoms with van der Waals surface area (Å²) in [6.45, 7) is 0.0999. The van der Waals surface area contributed by atoms with Crippen molar-refractivity contribution < 1.29 is 18.3 Å². The number of alkyl halides is 3. The minimum atomic E-state index is -4.49. The van der Waals surface area contributed by atoms with Gasteiger partial charge in [-0.3, -0.25) is 0 Å². The number of hydrogen-bond donors (Lipinski definition) is 2. The Hall–Kier alpha value is -0.850. The monoisotopic (exact) mass is 254 g/mol. The van der Waals surface area contributed by atoms with Crippen LogP contribution in [0.4, 0.5) is 13.2 Å². The lowest BCUT2D eigenvalue weighted by Crippen LogP contribution is -2.18. The lowest BCUT2D eigenvalue weighted by molar-refractivity contribution is -0.137. The Kier molecular flexibility index (Phi) is 4.12. The van der Waals surface area contributed by atoms with Crippen LogP contribution in [0.2, 0.25) is 5.15 Å². The molecule has 1 unspecified atom stereocenters. The van der Waals surface area contributed by atoms with Gasteiger partial charge in [-0.2, -0.15) is 13.2 Å². The first kappa shape index (κ1) is 13.2. The predicted octanol–water partition coefficient (Wildman–Crippen LogP) is 2.01. The fourth-order valence-corrected chi connectivity index (χ4v) is 1.39. The fourth-order valence-electron chi connectivity index (χ4n) is 1.16. The van der Waals surface area contributed by atoms with E-state index in [2.05, 4.69) is 10.3 Å². The molecule has 1 rings (SSSR count). The highest BCUT2D eigenvalue weighted by Gasteiger charge is 2.32. The van der Waals surface area contributed by atoms with Crippen LogP contribution in [-0.4, -0.2) is 23.7 Å². The molecule has 0 aliphatic carbocycles. The zero-order chi connectivity index (χ0) is 12.3. The minimum Gasteiger partial charge on any atom is -0.387 e. The third-order valence-electron chi connectivity index (χ3n) is 1.95. The van der Waals surface area contributed by atoms with Gasteiger partial charge in [-0.05, 0) is 13.1 Å². The van der Waals surface area contributed by atoms with Gasteiger partial charge in [0, 0.05) is 18.3 Å². The van der Waals surface area contributed by atoms with Crippen molar-refractivity contribution in [1.29, 1.82) is 0 Å². The van der Waals surface area contributed by atoms with Crippen LogP contribution in [-0.2, 0) is 6.18 Å². The predicted molar refractivity (Wildman–Crippen MR) is 53.1 cm³/mol. The van der Waals surface area contributed by atoms with Gasteiger partial charge in [-0.25, -0.2) is 4.98 Å². The smallest absolute Gasteiger partial charge is 0.387 e. The maximum absolute atomic E-state index is 12.4. The lowest BCUT2D eigenvalue weighted by atomic mass is 10.1. The molecule has 7 heteroatoms. The molecule has 1 atom stereocenters. The Morgan fingerprint density at radius 1 is 1.56 bits per heavy atom. The van der Waals surface area contributed by atoms with E-state index in [1.165, 1.54) is 0 Å². The SMILES string of the molecule is CNCC(O)c1cc(C(F)(F)F)cnc1Cl. The molecule has 16 heavy (non-hydrogen) atoms. The normalized spacial score (nSPS) is 13.9. The maximum atomic E-state index is 12.4. The van der Waals surface area contributed by atoms with Crippen LogP contribution >= 0.6 is 11.6 Å². The molecule has 0 radical (unpaired) electrons. The number of likely N-dealkylation sites (N-methyl/N-ethyl adjacent to an activating group) is 1. The summed E-state index contributed by atoms with van der Waals surface area (Å²) < 4.78 is 37.1. The van der Waals surface area contributed by atoms with Gasteiger partial charge >= 0.3 is 6.18 Å². The summed E-state index contributed by atoms with van der Waals surface area (Å²) in [7, 11) is 1.57. The average Bonchev–Trinajstić information content (AvgIpc) is 2.16. The molecular formula is C9H10ClF3N2O. The third kappa shape index (κ3) is 3.07. The van der Waals surface area contributed by atoms with Gasteiger partial charge in [-0.15, -0.1) is 0 Å². The minimum absolute atomic E-state index is 0.0363. The molecule has 0 spiro atoms. The summed E-state index contributed by atoms with van der Waals surface area (Å²) in [5.74, 6) is 0. The molecule has 90 valence electrons. The van der Waals surface area contributed by atoms with Crippen LogP contribution in [0.15, 0.2) is 12.3 Å². The molecule has 0 aliphatic heterocycles. The van der Waals surface area contributed by atoms with Crippen molar-refractivity contribution in [3.05, 3.63) is 28.5 Å². The van der Waals surface area contributed by atoms with Crippen LogP contribution < -0.4 is 5.32 Å². The second kappa shape index (κ2) is 4.99. The summed E-state index contributed by atoms with van der Waals surface area (Å²) >= 11 is 5.61. The number of aliphatic hydroxyl groups is 1. The van der Waals surface area contributed by atoms with Crippen molar-refractivity contribution in [3.8, 4) is 0 Å². The highest BCUT2D eigenvalue weighted by Crippen LogP contribution is 2.32. The van der Waals surface area contributed by atoms with E-state index in [1.54, 1.807) is 7.05 Å². The molecule has 0 amide bonds. The number of nitrogens with one attached hydrogen (secondary N) is 1. The lowest BCUT2D eigenvalue weighted by Gasteiger charge is -2.14. The largest absolute Gasteiger partial charge is 0.417 e. The average molecular weight is 255 g/mol. The maximum Gasteiger partial charge on any atom is 0.417 e. The summed E-state index contributed by atoms with van der Waals surface area (Å²) in [6, 6.07) is 0.803. The van der Waals surface area contributed by atoms with Gasteiger partial charge < -0.3 is 10.4 Å². The van der Waals surface area contributed by atoms with Gasteiger partial charge in [0.1, 0.15) is 5.15 Å². The molecule has 3 nitrogen and oxygen atoms in total. The molecule has 0 saturated heterocycles. The van der Waals surface area contributed by atoms with Gasteiger partial charge in [0.25, 0.3) is 0 Å². The Morgan fingerprint density at radius 3 is 2.69 bits per heavy atom. The van der Waals surface area contributed by atoms with E-state index in [0.717, 1.165) is 6.07 Å². The van der Waals surface area contributed by atoms with Crippen LogP contribution in [0.3, 0.4) is 0 Å². The van der Waals surface area contributed by atoms with Gasteiger partial charge in [0.2, 0.25) is 0 Å². The molecule has 0 aromatic carbocycles. The zero-order valence-corrected chi connectivity index (χ0v) is 9.10. The molecule has 0 aliphatic rings. The Labute approximate surface area is 95.3 Å². The van der Waals surface area contributed by atoms with Crippen molar-refractivity contribution in [1.82, 2.24) is 10.3 Å². The Bertz CT molecular complexity index is 370. The fraction of sp³-hybridized carbons (Fsp3) is 0.444. The number of rotatable bonds is 3. The number of pyridine rings is 1. The molecule has 0 fully saturated rings. The van der Waals surface area contributed by atoms with Crippen molar-refractivity contribution in [3.63, 3.8) is 0 Å². The van der Waals surface area contributed by atoms with Crippen molar-refractivity contribution in [2.45, 2.75) is 12.3 Å². The van der Waals surface area contributed by atoms with E-state index in [9.17, 15) is 18.3 Å². The molecule has 1 aromatic rings. The van der Waals surface area contributed by atoms with Gasteiger partial charge in [-0.1, -0.05) is 11.6 Å². The molecule has 2 N–H and O–H groups in total. The number of nitrogens with zero attached hydrogens (tertiary/aromatic N) is 1. The first-order valence-electron chi connectivity index (χ1n) is 4.41. The van der Waals surface area contributed by atoms with Crippen molar-refractivity contribution in [2.75, 3.05) is 13.6 Å². The number of aromatic nitrogens is 1. The molecule has 0 bridgehead atoms. The quantitative estimate of drug-likeness (QED) is 0.811. The van der Waals surface area contributed by atoms with E-state index >= 15 is 0 Å². The highest BCUT2D eigenvalue weighted by atomic mass is 35.5. The summed E-state index contributed by atoms with van der Waals surface area (Å²) in [6.07, 6.45) is -4.98. The van der Waals surface area contributed by atoms with E-state index in [4.69, 9.17) is 11.6 Å². The van der Waals surface area contributed by atoms with Crippen molar-refractivity contribution >= 4 is 11.6 Å². The highest BCUT2D eigenvalue weighted by molar-refractivity contribution is 6.30. The number of hydrogen-bond acceptors (Lipinski definition) is 3. The summed E-state index contributed by atoms with van der Waals surface area (Å²) in [4.78, 5) is 3.41. The Morgan fingerprint density at radius 2 is 2.19 bits per heavy atom. The molecular weight excluding hydrogens is 245 g/mol. The van der Waals surface area contributed by atoms with E-state index in [0.29, 0.717) is 6.20 Å². The standard InChI is InChI=1S/C9H10ClF3N2O/c1-14-4-7(16)6-2-5(9(11,12)13)3-15-8(6)10/h2-3,7,14,16H,4H2,1H3. The zero-order valence-electron chi connectivity index (χ0n) is 8.35. The van der Waals surface area contributed by atoms with E-state index < -0.39 is 17.8 Å². The summed E-state index contributed by atoms with van der Waals surface area (Å²) in [5, 5.41) is 12.0. The van der Waals surface area contributed by atoms with Crippen LogP contribution in [0.1, 0.15) is 17.2 Å². The van der Waals surface area contributed by atoms with E-state index in [1.807, 2.05) is 0 Å². The Balaban J connectivity index is 3.09. The number of halogens is 4. The topological polar surface area (TPSA) is 45.1 Å². The van der Waals surface area contributed by atoms with Crippen LogP contribution in [0.5, 0.6) is 0 Å². The summed E-state index contributed by atoms with van der Waals surface area (Å²) in [5.41, 5.74) is -0.965. The van der Waals surface area contributed by atoms with Crippen LogP contribution in [0.25, 0.3) is 0 Å². The number of aliphatic hydroxyl groups excluding tert-OH is 1. The van der Waals surface area contributed by atoms with Crippen LogP contribution in [0, 0.1) is 0 Å². The third-order valence-corrected chi connectivity index (χ3v) is 2.27. The first-order valence-corrected chi connectivity index (χ1v) is 4.79. The second-order valence-electron chi connectivity index (χ2n) is 3.18.